The Morgan fingerprint density at radius 1 is 0.423 bits per heavy atom. The number of hydrogen-bond acceptors (Lipinski definition) is 4. The summed E-state index contributed by atoms with van der Waals surface area (Å²) in [5.41, 5.74) is 1.46. The summed E-state index contributed by atoms with van der Waals surface area (Å²) in [6.07, 6.45) is 27.0. The molecule has 0 saturated heterocycles. The van der Waals surface area contributed by atoms with Crippen molar-refractivity contribution in [2.24, 2.45) is 39.9 Å². The summed E-state index contributed by atoms with van der Waals surface area (Å²) < 4.78 is 23.5. The first-order valence-electron chi connectivity index (χ1n) is 28.9. The van der Waals surface area contributed by atoms with Crippen LogP contribution in [0.25, 0.3) is 0 Å². The van der Waals surface area contributed by atoms with Gasteiger partial charge in [0.2, 0.25) is 0 Å². The monoisotopic (exact) mass is 1060 g/mol. The quantitative estimate of drug-likeness (QED) is 0.0463. The van der Waals surface area contributed by atoms with Crippen LogP contribution in [0, 0.1) is 39.9 Å². The lowest BCUT2D eigenvalue weighted by Crippen LogP contribution is -2.46. The minimum absolute atomic E-state index is 0. The summed E-state index contributed by atoms with van der Waals surface area (Å²) in [4.78, 5) is 0. The Bertz CT molecular complexity index is 838. The lowest BCUT2D eigenvalue weighted by molar-refractivity contribution is -0.0329. The molecule has 0 rings (SSSR count). The standard InChI is InChI=1S/C16H38OSi2.C15H32O3.C11H24.C9H20.C8H18.6CH4/c1-9-15(10-2)13-18(5,6)17-19(7,8)14-16(11-3)12-4;1-5-10-17-13-15(7-3,9-8-12-16-4)14-18-11-6-2;1-5-7-10(3)9-11(4)8-6-2;1-5-9(6-2,7-3)8-4;1-5-8(4,6-2)7-3;;;;;;/h15-16H,9-14H2,1-8H3;5-14H2,1-4H3;10-11H,5-9H2,1-4H3;5-8H2,1-4H3;5-7H2,1-4H3;6*1H4. The Morgan fingerprint density at radius 2 is 0.732 bits per heavy atom. The molecule has 0 aliphatic rings. The predicted molar refractivity (Wildman–Crippen MR) is 346 cm³/mol. The van der Waals surface area contributed by atoms with Crippen LogP contribution in [0.1, 0.15) is 311 Å². The molecular formula is C65H156O4Si2. The van der Waals surface area contributed by atoms with E-state index in [0.717, 1.165) is 88.8 Å². The molecule has 0 aromatic rings. The van der Waals surface area contributed by atoms with Crippen molar-refractivity contribution in [1.82, 2.24) is 0 Å². The number of ether oxygens (including phenoxy) is 3. The Balaban J connectivity index is -0.0000000716. The largest absolute Gasteiger partial charge is 0.455 e. The van der Waals surface area contributed by atoms with Crippen molar-refractivity contribution in [1.29, 1.82) is 0 Å². The second-order valence-corrected chi connectivity index (χ2v) is 30.9. The third-order valence-corrected chi connectivity index (χ3v) is 23.2. The molecule has 448 valence electrons. The molecule has 0 heterocycles. The van der Waals surface area contributed by atoms with Gasteiger partial charge >= 0.3 is 0 Å². The zero-order chi connectivity index (χ0) is 51.4. The predicted octanol–water partition coefficient (Wildman–Crippen LogP) is 24.8. The van der Waals surface area contributed by atoms with Crippen molar-refractivity contribution < 1.29 is 18.3 Å². The van der Waals surface area contributed by atoms with Gasteiger partial charge in [-0.3, -0.25) is 0 Å². The molecule has 0 amide bonds. The van der Waals surface area contributed by atoms with Gasteiger partial charge in [-0.15, -0.1) is 0 Å². The van der Waals surface area contributed by atoms with Crippen molar-refractivity contribution in [3.63, 3.8) is 0 Å². The molecule has 0 bridgehead atoms. The molecule has 0 aliphatic heterocycles. The Hall–Kier alpha value is 0.274. The third-order valence-electron chi connectivity index (χ3n) is 15.7. The summed E-state index contributed by atoms with van der Waals surface area (Å²) in [6, 6.07) is 2.69. The average molecular weight is 1060 g/mol. The van der Waals surface area contributed by atoms with Crippen LogP contribution in [0.3, 0.4) is 0 Å². The Morgan fingerprint density at radius 3 is 0.930 bits per heavy atom. The van der Waals surface area contributed by atoms with Crippen LogP contribution in [-0.4, -0.2) is 56.8 Å². The van der Waals surface area contributed by atoms with Gasteiger partial charge in [0.15, 0.2) is 16.6 Å². The van der Waals surface area contributed by atoms with Crippen LogP contribution in [0.5, 0.6) is 0 Å². The van der Waals surface area contributed by atoms with Crippen molar-refractivity contribution in [3.05, 3.63) is 0 Å². The SMILES string of the molecule is C.C.C.C.C.C.CCC(C)(CC)CC.CCC(CC)(CC)CC.CCC(CC)C[Si](C)(C)O[Si](C)(C)CC(CC)CC.CCCC(C)CC(C)CCC.CCCOCC(CC)(CCCOC)COCCC. The van der Waals surface area contributed by atoms with Gasteiger partial charge in [-0.2, -0.15) is 0 Å². The summed E-state index contributed by atoms with van der Waals surface area (Å²) in [7, 11) is -1.19. The Kier molecular flexibility index (Phi) is 83.4. The molecule has 0 N–H and O–H groups in total. The number of methoxy groups -OCH3 is 1. The van der Waals surface area contributed by atoms with Crippen molar-refractivity contribution in [2.75, 3.05) is 40.1 Å². The van der Waals surface area contributed by atoms with Gasteiger partial charge in [-0.25, -0.2) is 0 Å². The second kappa shape index (κ2) is 61.1. The highest BCUT2D eigenvalue weighted by Crippen LogP contribution is 2.34. The summed E-state index contributed by atoms with van der Waals surface area (Å²) in [5, 5.41) is 0. The fourth-order valence-electron chi connectivity index (χ4n) is 9.56. The van der Waals surface area contributed by atoms with E-state index >= 15 is 0 Å². The first-order chi connectivity index (χ1) is 30.6. The smallest absolute Gasteiger partial charge is 0.173 e. The molecule has 0 saturated carbocycles. The van der Waals surface area contributed by atoms with Crippen molar-refractivity contribution in [2.45, 2.75) is 349 Å². The highest BCUT2D eigenvalue weighted by Gasteiger charge is 2.35. The van der Waals surface area contributed by atoms with E-state index < -0.39 is 16.6 Å². The van der Waals surface area contributed by atoms with E-state index in [9.17, 15) is 0 Å². The first-order valence-corrected chi connectivity index (χ1v) is 35.1. The van der Waals surface area contributed by atoms with Gasteiger partial charge in [-0.1, -0.05) is 272 Å². The lowest BCUT2D eigenvalue weighted by atomic mass is 9.78. The molecule has 71 heavy (non-hydrogen) atoms. The van der Waals surface area contributed by atoms with Gasteiger partial charge in [0.05, 0.1) is 13.2 Å². The van der Waals surface area contributed by atoms with Gasteiger partial charge in [0.1, 0.15) is 0 Å². The van der Waals surface area contributed by atoms with Crippen LogP contribution >= 0.6 is 0 Å². The van der Waals surface area contributed by atoms with Crippen LogP contribution in [0.2, 0.25) is 38.3 Å². The van der Waals surface area contributed by atoms with E-state index in [1.165, 1.54) is 115 Å². The van der Waals surface area contributed by atoms with Gasteiger partial charge in [0, 0.05) is 32.3 Å². The molecule has 0 aromatic carbocycles. The average Bonchev–Trinajstić information content (AvgIpc) is 3.28. The third kappa shape index (κ3) is 56.3. The molecule has 2 atom stereocenters. The first kappa shape index (κ1) is 96.9. The van der Waals surface area contributed by atoms with Gasteiger partial charge in [0.25, 0.3) is 0 Å². The van der Waals surface area contributed by atoms with Crippen LogP contribution < -0.4 is 0 Å². The second-order valence-electron chi connectivity index (χ2n) is 22.3. The van der Waals surface area contributed by atoms with Crippen LogP contribution in [-0.2, 0) is 18.3 Å². The minimum atomic E-state index is -1.47. The maximum Gasteiger partial charge on any atom is 0.173 e. The van der Waals surface area contributed by atoms with Crippen molar-refractivity contribution >= 4 is 16.6 Å². The maximum absolute atomic E-state index is 6.77. The van der Waals surface area contributed by atoms with Crippen molar-refractivity contribution in [3.8, 4) is 0 Å². The van der Waals surface area contributed by atoms with E-state index in [2.05, 4.69) is 158 Å². The molecule has 0 aromatic heterocycles. The normalized spacial score (nSPS) is 12.1. The molecular weight excluding hydrogens is 901 g/mol. The van der Waals surface area contributed by atoms with Gasteiger partial charge in [-0.05, 0) is 111 Å². The zero-order valence-corrected chi connectivity index (χ0v) is 52.2. The summed E-state index contributed by atoms with van der Waals surface area (Å²) in [5.74, 6) is 3.64. The van der Waals surface area contributed by atoms with E-state index in [4.69, 9.17) is 18.3 Å². The fraction of sp³-hybridized carbons (Fsp3) is 1.00. The fourth-order valence-corrected chi connectivity index (χ4v) is 20.1. The number of rotatable bonds is 36. The van der Waals surface area contributed by atoms with Crippen LogP contribution in [0.4, 0.5) is 0 Å². The topological polar surface area (TPSA) is 36.9 Å². The summed E-state index contributed by atoms with van der Waals surface area (Å²) in [6.45, 7) is 57.4. The maximum atomic E-state index is 6.77. The minimum Gasteiger partial charge on any atom is -0.455 e. The molecule has 0 spiro atoms. The Labute approximate surface area is 462 Å². The molecule has 0 fully saturated rings. The molecule has 4 nitrogen and oxygen atoms in total. The number of hydrogen-bond donors (Lipinski definition) is 0. The van der Waals surface area contributed by atoms with Gasteiger partial charge < -0.3 is 18.3 Å². The molecule has 0 radical (unpaired) electrons. The van der Waals surface area contributed by atoms with E-state index in [-0.39, 0.29) is 50.0 Å². The molecule has 2 unspecified atom stereocenters. The van der Waals surface area contributed by atoms with E-state index in [0.29, 0.717) is 10.8 Å². The van der Waals surface area contributed by atoms with E-state index in [1.54, 1.807) is 7.11 Å². The summed E-state index contributed by atoms with van der Waals surface area (Å²) >= 11 is 0. The molecule has 0 aliphatic carbocycles. The highest BCUT2D eigenvalue weighted by atomic mass is 28.4. The zero-order valence-electron chi connectivity index (χ0n) is 50.2. The molecule has 6 heteroatoms. The lowest BCUT2D eigenvalue weighted by Gasteiger charge is -2.37. The van der Waals surface area contributed by atoms with Crippen LogP contribution in [0.15, 0.2) is 0 Å². The van der Waals surface area contributed by atoms with E-state index in [1.807, 2.05) is 0 Å². The highest BCUT2D eigenvalue weighted by molar-refractivity contribution is 6.84.